The van der Waals surface area contributed by atoms with Crippen LogP contribution in [-0.4, -0.2) is 67.0 Å². The highest BCUT2D eigenvalue weighted by Crippen LogP contribution is 2.20. The van der Waals surface area contributed by atoms with Gasteiger partial charge in [0, 0.05) is 51.9 Å². The number of carbonyl (C=O) groups is 1. The average molecular weight is 429 g/mol. The largest absolute Gasteiger partial charge is 0.369 e. The number of benzene rings is 1. The van der Waals surface area contributed by atoms with Crippen LogP contribution in [0.5, 0.6) is 0 Å². The van der Waals surface area contributed by atoms with Crippen molar-refractivity contribution in [2.45, 2.75) is 58.8 Å². The molecule has 31 heavy (non-hydrogen) atoms. The molecule has 2 heterocycles. The number of aliphatic imine (C=N–C) groups is 1. The summed E-state index contributed by atoms with van der Waals surface area (Å²) >= 11 is 0. The number of likely N-dealkylation sites (tertiary alicyclic amines) is 2. The quantitative estimate of drug-likeness (QED) is 0.455. The van der Waals surface area contributed by atoms with E-state index in [1.807, 2.05) is 7.05 Å². The molecule has 4 N–H and O–H groups in total. The van der Waals surface area contributed by atoms with E-state index in [-0.39, 0.29) is 11.8 Å². The van der Waals surface area contributed by atoms with E-state index < -0.39 is 0 Å². The molecular weight excluding hydrogens is 388 g/mol. The van der Waals surface area contributed by atoms with Gasteiger partial charge < -0.3 is 16.4 Å². The zero-order chi connectivity index (χ0) is 22.4. The van der Waals surface area contributed by atoms with E-state index >= 15 is 0 Å². The minimum Gasteiger partial charge on any atom is -0.369 e. The van der Waals surface area contributed by atoms with Crippen molar-refractivity contribution in [2.75, 3.05) is 33.2 Å². The van der Waals surface area contributed by atoms with Crippen LogP contribution in [0.25, 0.3) is 0 Å². The molecule has 7 nitrogen and oxygen atoms in total. The maximum atomic E-state index is 11.5. The van der Waals surface area contributed by atoms with Crippen LogP contribution in [0.1, 0.15) is 44.7 Å². The van der Waals surface area contributed by atoms with Gasteiger partial charge in [-0.05, 0) is 50.3 Å². The minimum atomic E-state index is -0.172. The third-order valence-corrected chi connectivity index (χ3v) is 6.68. The van der Waals surface area contributed by atoms with Gasteiger partial charge in [-0.1, -0.05) is 31.2 Å². The second kappa shape index (κ2) is 11.0. The maximum Gasteiger partial charge on any atom is 0.221 e. The van der Waals surface area contributed by atoms with Crippen molar-refractivity contribution < 1.29 is 4.79 Å². The monoisotopic (exact) mass is 428 g/mol. The smallest absolute Gasteiger partial charge is 0.221 e. The van der Waals surface area contributed by atoms with Gasteiger partial charge in [-0.3, -0.25) is 19.6 Å². The van der Waals surface area contributed by atoms with Crippen molar-refractivity contribution >= 4 is 11.9 Å². The Hall–Kier alpha value is -2.12. The first kappa shape index (κ1) is 23.5. The number of carbonyl (C=O) groups excluding carboxylic acids is 1. The number of amides is 1. The van der Waals surface area contributed by atoms with E-state index in [9.17, 15) is 4.79 Å². The van der Waals surface area contributed by atoms with E-state index in [1.165, 1.54) is 11.1 Å². The molecule has 0 bridgehead atoms. The number of hydrogen-bond acceptors (Lipinski definition) is 4. The van der Waals surface area contributed by atoms with Crippen LogP contribution < -0.4 is 16.4 Å². The van der Waals surface area contributed by atoms with Crippen LogP contribution in [0.2, 0.25) is 0 Å². The zero-order valence-electron chi connectivity index (χ0n) is 19.6. The van der Waals surface area contributed by atoms with Gasteiger partial charge in [0.2, 0.25) is 5.91 Å². The van der Waals surface area contributed by atoms with Gasteiger partial charge in [-0.25, -0.2) is 0 Å². The van der Waals surface area contributed by atoms with E-state index in [0.29, 0.717) is 18.0 Å². The van der Waals surface area contributed by atoms with Crippen molar-refractivity contribution in [3.8, 4) is 0 Å². The topological polar surface area (TPSA) is 86.0 Å². The Bertz CT molecular complexity index is 764. The molecule has 172 valence electrons. The number of primary amides is 1. The SMILES string of the molecule is CN=C(NCc1cccc(CN2CCCC(C(N)=O)C2)c1)NC1CN(C(C)C)CC1C. The highest BCUT2D eigenvalue weighted by Gasteiger charge is 2.31. The molecule has 0 spiro atoms. The summed E-state index contributed by atoms with van der Waals surface area (Å²) in [5.41, 5.74) is 8.02. The first-order valence-corrected chi connectivity index (χ1v) is 11.7. The van der Waals surface area contributed by atoms with Gasteiger partial charge in [-0.15, -0.1) is 0 Å². The fraction of sp³-hybridized carbons (Fsp3) is 0.667. The summed E-state index contributed by atoms with van der Waals surface area (Å²) in [6, 6.07) is 9.64. The summed E-state index contributed by atoms with van der Waals surface area (Å²) in [4.78, 5) is 20.8. The molecule has 2 aliphatic rings. The van der Waals surface area contributed by atoms with Crippen molar-refractivity contribution in [3.63, 3.8) is 0 Å². The normalized spacial score (nSPS) is 25.7. The second-order valence-electron chi connectivity index (χ2n) is 9.50. The Labute approximate surface area is 187 Å². The van der Waals surface area contributed by atoms with Gasteiger partial charge in [0.15, 0.2) is 5.96 Å². The van der Waals surface area contributed by atoms with E-state index in [4.69, 9.17) is 5.73 Å². The van der Waals surface area contributed by atoms with Crippen molar-refractivity contribution in [3.05, 3.63) is 35.4 Å². The van der Waals surface area contributed by atoms with Crippen LogP contribution in [-0.2, 0) is 17.9 Å². The highest BCUT2D eigenvalue weighted by atomic mass is 16.1. The minimum absolute atomic E-state index is 0.0161. The van der Waals surface area contributed by atoms with E-state index in [1.54, 1.807) is 0 Å². The standard InChI is InChI=1S/C24H40N6O/c1-17(2)30-13-18(3)22(16-30)28-24(26-4)27-12-19-7-5-8-20(11-19)14-29-10-6-9-21(15-29)23(25)31/h5,7-8,11,17-18,21-22H,6,9-10,12-16H2,1-4H3,(H2,25,31)(H2,26,27,28). The molecule has 0 saturated carbocycles. The summed E-state index contributed by atoms with van der Waals surface area (Å²) in [5, 5.41) is 7.09. The van der Waals surface area contributed by atoms with Crippen LogP contribution in [0.15, 0.2) is 29.3 Å². The molecule has 0 aromatic heterocycles. The first-order chi connectivity index (χ1) is 14.9. The molecule has 0 aliphatic carbocycles. The summed E-state index contributed by atoms with van der Waals surface area (Å²) in [6.45, 7) is 12.4. The number of nitrogens with two attached hydrogens (primary N) is 1. The fourth-order valence-corrected chi connectivity index (χ4v) is 4.70. The Morgan fingerprint density at radius 3 is 2.71 bits per heavy atom. The average Bonchev–Trinajstić information content (AvgIpc) is 3.12. The zero-order valence-corrected chi connectivity index (χ0v) is 19.6. The molecule has 1 amide bonds. The van der Waals surface area contributed by atoms with Crippen molar-refractivity contribution in [1.29, 1.82) is 0 Å². The lowest BCUT2D eigenvalue weighted by molar-refractivity contribution is -0.123. The molecule has 3 rings (SSSR count). The third kappa shape index (κ3) is 6.68. The Morgan fingerprint density at radius 1 is 1.26 bits per heavy atom. The number of guanidine groups is 1. The summed E-state index contributed by atoms with van der Waals surface area (Å²) in [7, 11) is 1.83. The molecule has 2 saturated heterocycles. The summed E-state index contributed by atoms with van der Waals surface area (Å²) in [6.07, 6.45) is 1.95. The number of hydrogen-bond donors (Lipinski definition) is 3. The van der Waals surface area contributed by atoms with E-state index in [2.05, 4.69) is 70.5 Å². The Morgan fingerprint density at radius 2 is 2.03 bits per heavy atom. The molecular formula is C24H40N6O. The van der Waals surface area contributed by atoms with Crippen LogP contribution in [0.4, 0.5) is 0 Å². The van der Waals surface area contributed by atoms with Gasteiger partial charge in [-0.2, -0.15) is 0 Å². The molecule has 2 fully saturated rings. The van der Waals surface area contributed by atoms with Gasteiger partial charge in [0.25, 0.3) is 0 Å². The number of piperidine rings is 1. The predicted octanol–water partition coefficient (Wildman–Crippen LogP) is 1.78. The Kier molecular flexibility index (Phi) is 8.32. The lowest BCUT2D eigenvalue weighted by atomic mass is 9.97. The van der Waals surface area contributed by atoms with Gasteiger partial charge >= 0.3 is 0 Å². The Balaban J connectivity index is 1.51. The molecule has 3 unspecified atom stereocenters. The molecule has 3 atom stereocenters. The van der Waals surface area contributed by atoms with Crippen LogP contribution in [0.3, 0.4) is 0 Å². The highest BCUT2D eigenvalue weighted by molar-refractivity contribution is 5.80. The van der Waals surface area contributed by atoms with Crippen molar-refractivity contribution in [1.82, 2.24) is 20.4 Å². The second-order valence-corrected chi connectivity index (χ2v) is 9.50. The summed E-state index contributed by atoms with van der Waals surface area (Å²) < 4.78 is 0. The van der Waals surface area contributed by atoms with Gasteiger partial charge in [0.1, 0.15) is 0 Å². The van der Waals surface area contributed by atoms with Crippen molar-refractivity contribution in [2.24, 2.45) is 22.6 Å². The van der Waals surface area contributed by atoms with E-state index in [0.717, 1.165) is 58.1 Å². The molecule has 1 aromatic rings. The van der Waals surface area contributed by atoms with Crippen LogP contribution >= 0.6 is 0 Å². The maximum absolute atomic E-state index is 11.5. The lowest BCUT2D eigenvalue weighted by Crippen LogP contribution is -2.46. The molecule has 1 aromatic carbocycles. The number of nitrogens with zero attached hydrogens (tertiary/aromatic N) is 3. The molecule has 7 heteroatoms. The third-order valence-electron chi connectivity index (χ3n) is 6.68. The predicted molar refractivity (Wildman–Crippen MR) is 127 cm³/mol. The van der Waals surface area contributed by atoms with Crippen LogP contribution in [0, 0.1) is 11.8 Å². The van der Waals surface area contributed by atoms with Gasteiger partial charge in [0.05, 0.1) is 5.92 Å². The number of rotatable bonds is 7. The number of nitrogens with one attached hydrogen (secondary N) is 2. The lowest BCUT2D eigenvalue weighted by Gasteiger charge is -2.31. The summed E-state index contributed by atoms with van der Waals surface area (Å²) in [5.74, 6) is 1.26. The molecule has 2 aliphatic heterocycles. The fourth-order valence-electron chi connectivity index (χ4n) is 4.70. The molecule has 0 radical (unpaired) electrons. The first-order valence-electron chi connectivity index (χ1n) is 11.7.